The first-order valence-electron chi connectivity index (χ1n) is 6.57. The first-order valence-corrected chi connectivity index (χ1v) is 6.57. The zero-order chi connectivity index (χ0) is 10.6. The van der Waals surface area contributed by atoms with Crippen molar-refractivity contribution in [3.8, 4) is 0 Å². The van der Waals surface area contributed by atoms with E-state index in [1.165, 1.54) is 44.9 Å². The second kappa shape index (κ2) is 5.31. The van der Waals surface area contributed by atoms with Crippen molar-refractivity contribution in [2.75, 3.05) is 26.8 Å². The van der Waals surface area contributed by atoms with Crippen LogP contribution in [0.2, 0.25) is 0 Å². The standard InChI is InChI=1S/C13H25NO/c1-14-10-13(7-8-15-11-13)9-12-5-3-2-4-6-12/h12,14H,2-11H2,1H3. The molecule has 0 aromatic heterocycles. The molecule has 2 heteroatoms. The van der Waals surface area contributed by atoms with Crippen molar-refractivity contribution < 1.29 is 4.74 Å². The van der Waals surface area contributed by atoms with Gasteiger partial charge in [-0.25, -0.2) is 0 Å². The third-order valence-corrected chi connectivity index (χ3v) is 4.18. The molecule has 0 spiro atoms. The fourth-order valence-corrected chi connectivity index (χ4v) is 3.40. The number of hydrogen-bond acceptors (Lipinski definition) is 2. The van der Waals surface area contributed by atoms with Crippen molar-refractivity contribution in [1.82, 2.24) is 5.32 Å². The molecule has 0 amide bonds. The summed E-state index contributed by atoms with van der Waals surface area (Å²) in [5.74, 6) is 0.980. The molecule has 1 saturated heterocycles. The summed E-state index contributed by atoms with van der Waals surface area (Å²) >= 11 is 0. The Morgan fingerprint density at radius 3 is 2.67 bits per heavy atom. The fourth-order valence-electron chi connectivity index (χ4n) is 3.40. The Kier molecular flexibility index (Phi) is 4.04. The maximum absolute atomic E-state index is 5.61. The highest BCUT2D eigenvalue weighted by Crippen LogP contribution is 2.39. The van der Waals surface area contributed by atoms with Gasteiger partial charge in [0.1, 0.15) is 0 Å². The smallest absolute Gasteiger partial charge is 0.0535 e. The summed E-state index contributed by atoms with van der Waals surface area (Å²) in [6, 6.07) is 0. The minimum Gasteiger partial charge on any atom is -0.381 e. The summed E-state index contributed by atoms with van der Waals surface area (Å²) in [5, 5.41) is 3.36. The quantitative estimate of drug-likeness (QED) is 0.771. The van der Waals surface area contributed by atoms with Crippen LogP contribution in [0.15, 0.2) is 0 Å². The van der Waals surface area contributed by atoms with E-state index in [9.17, 15) is 0 Å². The van der Waals surface area contributed by atoms with Crippen LogP contribution >= 0.6 is 0 Å². The predicted octanol–water partition coefficient (Wildman–Crippen LogP) is 2.58. The molecule has 1 saturated carbocycles. The van der Waals surface area contributed by atoms with Crippen molar-refractivity contribution in [2.45, 2.75) is 44.9 Å². The van der Waals surface area contributed by atoms with Gasteiger partial charge in [0.15, 0.2) is 0 Å². The zero-order valence-corrected chi connectivity index (χ0v) is 10.1. The summed E-state index contributed by atoms with van der Waals surface area (Å²) in [7, 11) is 2.07. The molecule has 1 aliphatic heterocycles. The van der Waals surface area contributed by atoms with Gasteiger partial charge in [0.05, 0.1) is 6.61 Å². The number of ether oxygens (including phenoxy) is 1. The van der Waals surface area contributed by atoms with Crippen LogP contribution < -0.4 is 5.32 Å². The molecule has 0 bridgehead atoms. The third kappa shape index (κ3) is 2.94. The average molecular weight is 211 g/mol. The van der Waals surface area contributed by atoms with Crippen molar-refractivity contribution in [1.29, 1.82) is 0 Å². The van der Waals surface area contributed by atoms with Gasteiger partial charge >= 0.3 is 0 Å². The molecule has 2 rings (SSSR count). The molecule has 2 fully saturated rings. The molecule has 1 heterocycles. The summed E-state index contributed by atoms with van der Waals surface area (Å²) in [5.41, 5.74) is 0.469. The zero-order valence-electron chi connectivity index (χ0n) is 10.1. The highest BCUT2D eigenvalue weighted by molar-refractivity contribution is 4.87. The second-order valence-corrected chi connectivity index (χ2v) is 5.54. The Morgan fingerprint density at radius 2 is 2.07 bits per heavy atom. The SMILES string of the molecule is CNCC1(CC2CCCCC2)CCOC1. The van der Waals surface area contributed by atoms with Gasteiger partial charge in [-0.05, 0) is 25.8 Å². The van der Waals surface area contributed by atoms with Crippen LogP contribution in [0.1, 0.15) is 44.9 Å². The Hall–Kier alpha value is -0.0800. The first-order chi connectivity index (χ1) is 7.35. The van der Waals surface area contributed by atoms with E-state index >= 15 is 0 Å². The van der Waals surface area contributed by atoms with Gasteiger partial charge < -0.3 is 10.1 Å². The average Bonchev–Trinajstić information content (AvgIpc) is 2.69. The molecule has 2 nitrogen and oxygen atoms in total. The molecule has 1 N–H and O–H groups in total. The molecular formula is C13H25NO. The minimum absolute atomic E-state index is 0.469. The molecule has 1 atom stereocenters. The van der Waals surface area contributed by atoms with E-state index in [4.69, 9.17) is 4.74 Å². The molecule has 15 heavy (non-hydrogen) atoms. The third-order valence-electron chi connectivity index (χ3n) is 4.18. The van der Waals surface area contributed by atoms with Crippen LogP contribution in [0.25, 0.3) is 0 Å². The second-order valence-electron chi connectivity index (χ2n) is 5.54. The van der Waals surface area contributed by atoms with E-state index in [0.29, 0.717) is 5.41 Å². The van der Waals surface area contributed by atoms with E-state index in [1.54, 1.807) is 0 Å². The lowest BCUT2D eigenvalue weighted by Gasteiger charge is -2.33. The Morgan fingerprint density at radius 1 is 1.27 bits per heavy atom. The summed E-state index contributed by atoms with van der Waals surface area (Å²) < 4.78 is 5.61. The minimum atomic E-state index is 0.469. The van der Waals surface area contributed by atoms with Crippen LogP contribution in [-0.2, 0) is 4.74 Å². The summed E-state index contributed by atoms with van der Waals surface area (Å²) in [6.45, 7) is 3.11. The van der Waals surface area contributed by atoms with Gasteiger partial charge in [0.2, 0.25) is 0 Å². The molecular weight excluding hydrogens is 186 g/mol. The number of rotatable bonds is 4. The molecule has 2 aliphatic rings. The largest absolute Gasteiger partial charge is 0.381 e. The van der Waals surface area contributed by atoms with E-state index in [1.807, 2.05) is 0 Å². The molecule has 0 aromatic carbocycles. The maximum Gasteiger partial charge on any atom is 0.0535 e. The van der Waals surface area contributed by atoms with Gasteiger partial charge in [-0.15, -0.1) is 0 Å². The monoisotopic (exact) mass is 211 g/mol. The normalized spacial score (nSPS) is 33.4. The highest BCUT2D eigenvalue weighted by atomic mass is 16.5. The maximum atomic E-state index is 5.61. The first kappa shape index (κ1) is 11.4. The van der Waals surface area contributed by atoms with Gasteiger partial charge in [-0.2, -0.15) is 0 Å². The molecule has 88 valence electrons. The summed E-state index contributed by atoms with van der Waals surface area (Å²) in [4.78, 5) is 0. The molecule has 1 aliphatic carbocycles. The molecule has 1 unspecified atom stereocenters. The lowest BCUT2D eigenvalue weighted by Crippen LogP contribution is -2.35. The van der Waals surface area contributed by atoms with Crippen molar-refractivity contribution in [3.63, 3.8) is 0 Å². The fraction of sp³-hybridized carbons (Fsp3) is 1.00. The van der Waals surface area contributed by atoms with E-state index in [0.717, 1.165) is 25.7 Å². The summed E-state index contributed by atoms with van der Waals surface area (Å²) in [6.07, 6.45) is 9.98. The highest BCUT2D eigenvalue weighted by Gasteiger charge is 2.36. The Balaban J connectivity index is 1.87. The van der Waals surface area contributed by atoms with E-state index in [-0.39, 0.29) is 0 Å². The van der Waals surface area contributed by atoms with Gasteiger partial charge in [-0.1, -0.05) is 32.1 Å². The Labute approximate surface area is 93.8 Å². The molecule has 0 radical (unpaired) electrons. The van der Waals surface area contributed by atoms with Crippen molar-refractivity contribution >= 4 is 0 Å². The van der Waals surface area contributed by atoms with Crippen molar-refractivity contribution in [3.05, 3.63) is 0 Å². The van der Waals surface area contributed by atoms with Crippen LogP contribution in [0.4, 0.5) is 0 Å². The number of hydrogen-bond donors (Lipinski definition) is 1. The Bertz CT molecular complexity index is 181. The van der Waals surface area contributed by atoms with Gasteiger partial charge in [-0.3, -0.25) is 0 Å². The van der Waals surface area contributed by atoms with Crippen LogP contribution in [0.3, 0.4) is 0 Å². The van der Waals surface area contributed by atoms with Crippen LogP contribution in [-0.4, -0.2) is 26.8 Å². The lowest BCUT2D eigenvalue weighted by molar-refractivity contribution is 0.123. The van der Waals surface area contributed by atoms with Gasteiger partial charge in [0.25, 0.3) is 0 Å². The van der Waals surface area contributed by atoms with E-state index < -0.39 is 0 Å². The topological polar surface area (TPSA) is 21.3 Å². The predicted molar refractivity (Wildman–Crippen MR) is 63.0 cm³/mol. The van der Waals surface area contributed by atoms with Crippen LogP contribution in [0, 0.1) is 11.3 Å². The van der Waals surface area contributed by atoms with E-state index in [2.05, 4.69) is 12.4 Å². The van der Waals surface area contributed by atoms with Gasteiger partial charge in [0, 0.05) is 18.6 Å². The van der Waals surface area contributed by atoms with Crippen LogP contribution in [0.5, 0.6) is 0 Å². The number of nitrogens with one attached hydrogen (secondary N) is 1. The van der Waals surface area contributed by atoms with Crippen molar-refractivity contribution in [2.24, 2.45) is 11.3 Å². The lowest BCUT2D eigenvalue weighted by atomic mass is 9.74. The molecule has 0 aromatic rings.